The summed E-state index contributed by atoms with van der Waals surface area (Å²) in [5.74, 6) is 0.412. The van der Waals surface area contributed by atoms with Gasteiger partial charge in [0.25, 0.3) is 5.91 Å². The van der Waals surface area contributed by atoms with Gasteiger partial charge in [-0.15, -0.1) is 0 Å². The Labute approximate surface area is 149 Å². The number of rotatable bonds is 4. The minimum atomic E-state index is -0.365. The number of hydrogen-bond acceptors (Lipinski definition) is 5. The Bertz CT molecular complexity index is 771. The number of benzene rings is 1. The molecule has 1 aromatic carbocycles. The summed E-state index contributed by atoms with van der Waals surface area (Å²) >= 11 is 1.17. The molecule has 1 N–H and O–H groups in total. The lowest BCUT2D eigenvalue weighted by Crippen LogP contribution is -2.62. The number of thiazole rings is 1. The zero-order chi connectivity index (χ0) is 17.4. The first-order valence-corrected chi connectivity index (χ1v) is 9.36. The average Bonchev–Trinajstić information content (AvgIpc) is 3.07. The van der Waals surface area contributed by atoms with E-state index in [1.54, 1.807) is 12.1 Å². The third-order valence-electron chi connectivity index (χ3n) is 5.17. The molecule has 0 radical (unpaired) electrons. The maximum Gasteiger partial charge on any atom is 0.280 e. The van der Waals surface area contributed by atoms with Crippen LogP contribution in [0.1, 0.15) is 29.6 Å². The first kappa shape index (κ1) is 16.5. The van der Waals surface area contributed by atoms with Crippen molar-refractivity contribution in [3.05, 3.63) is 41.3 Å². The summed E-state index contributed by atoms with van der Waals surface area (Å²) in [6, 6.07) is 6.43. The van der Waals surface area contributed by atoms with Gasteiger partial charge >= 0.3 is 0 Å². The molecule has 5 rings (SSSR count). The number of ether oxygens (including phenoxy) is 1. The molecule has 1 aromatic heterocycles. The Hall–Kier alpha value is -1.99. The molecule has 132 valence electrons. The van der Waals surface area contributed by atoms with Crippen molar-refractivity contribution in [1.29, 1.82) is 0 Å². The summed E-state index contributed by atoms with van der Waals surface area (Å²) in [4.78, 5) is 19.2. The van der Waals surface area contributed by atoms with Crippen LogP contribution in [0, 0.1) is 11.7 Å². The van der Waals surface area contributed by atoms with Crippen LogP contribution in [-0.4, -0.2) is 41.0 Å². The third kappa shape index (κ3) is 3.39. The van der Waals surface area contributed by atoms with Crippen LogP contribution in [-0.2, 0) is 0 Å². The van der Waals surface area contributed by atoms with E-state index in [0.29, 0.717) is 27.8 Å². The van der Waals surface area contributed by atoms with Crippen LogP contribution in [0.4, 0.5) is 4.39 Å². The molecule has 2 aromatic rings. The Kier molecular flexibility index (Phi) is 4.43. The second-order valence-electron chi connectivity index (χ2n) is 6.66. The van der Waals surface area contributed by atoms with Crippen LogP contribution >= 0.6 is 11.3 Å². The highest BCUT2D eigenvalue weighted by molar-refractivity contribution is 7.15. The van der Waals surface area contributed by atoms with Crippen molar-refractivity contribution < 1.29 is 13.9 Å². The minimum absolute atomic E-state index is 0.162. The van der Waals surface area contributed by atoms with E-state index in [1.165, 1.54) is 29.7 Å². The van der Waals surface area contributed by atoms with Gasteiger partial charge in [0.1, 0.15) is 11.6 Å². The topological polar surface area (TPSA) is 54.5 Å². The number of halogens is 1. The fraction of sp³-hybridized carbons (Fsp3) is 0.444. The maximum absolute atomic E-state index is 13.2. The number of amides is 1. The summed E-state index contributed by atoms with van der Waals surface area (Å²) in [7, 11) is 0. The molecule has 5 nitrogen and oxygen atoms in total. The molecule has 25 heavy (non-hydrogen) atoms. The number of aromatic nitrogens is 1. The Morgan fingerprint density at radius 3 is 2.92 bits per heavy atom. The van der Waals surface area contributed by atoms with Crippen LogP contribution in [0.25, 0.3) is 0 Å². The summed E-state index contributed by atoms with van der Waals surface area (Å²) < 4.78 is 18.8. The first-order valence-electron chi connectivity index (χ1n) is 8.54. The lowest BCUT2D eigenvalue weighted by Gasteiger charge is -2.49. The number of nitrogens with one attached hydrogen (secondary N) is 1. The van der Waals surface area contributed by atoms with E-state index in [4.69, 9.17) is 4.74 Å². The van der Waals surface area contributed by atoms with E-state index in [-0.39, 0.29) is 17.8 Å². The normalized spacial score (nSPS) is 27.9. The van der Waals surface area contributed by atoms with Gasteiger partial charge in [-0.1, -0.05) is 17.4 Å². The second kappa shape index (κ2) is 6.72. The molecule has 0 unspecified atom stereocenters. The Morgan fingerprint density at radius 1 is 1.40 bits per heavy atom. The lowest BCUT2D eigenvalue weighted by molar-refractivity contribution is 0.0217. The van der Waals surface area contributed by atoms with Gasteiger partial charge in [0.05, 0.1) is 6.20 Å². The molecule has 0 aliphatic carbocycles. The van der Waals surface area contributed by atoms with Crippen molar-refractivity contribution in [3.63, 3.8) is 0 Å². The predicted molar refractivity (Wildman–Crippen MR) is 93.6 cm³/mol. The molecular formula is C18H20FN3O2S. The van der Waals surface area contributed by atoms with Gasteiger partial charge in [-0.2, -0.15) is 0 Å². The molecule has 2 bridgehead atoms. The molecule has 3 saturated heterocycles. The fourth-order valence-electron chi connectivity index (χ4n) is 3.82. The van der Waals surface area contributed by atoms with Crippen molar-refractivity contribution in [2.75, 3.05) is 13.1 Å². The van der Waals surface area contributed by atoms with Gasteiger partial charge in [0, 0.05) is 18.2 Å². The smallest absolute Gasteiger partial charge is 0.280 e. The van der Waals surface area contributed by atoms with Crippen LogP contribution in [0.2, 0.25) is 0 Å². The molecule has 2 atom stereocenters. The summed E-state index contributed by atoms with van der Waals surface area (Å²) in [6.45, 7) is 4.43. The van der Waals surface area contributed by atoms with Gasteiger partial charge in [-0.3, -0.25) is 9.69 Å². The summed E-state index contributed by atoms with van der Waals surface area (Å²) in [6.07, 6.45) is 3.78. The Morgan fingerprint density at radius 2 is 2.20 bits per heavy atom. The summed E-state index contributed by atoms with van der Waals surface area (Å²) in [5, 5.41) is 3.99. The van der Waals surface area contributed by atoms with Crippen LogP contribution in [0.5, 0.6) is 10.8 Å². The van der Waals surface area contributed by atoms with Gasteiger partial charge < -0.3 is 10.1 Å². The van der Waals surface area contributed by atoms with Gasteiger partial charge in [-0.05, 0) is 50.9 Å². The molecule has 7 heteroatoms. The second-order valence-corrected chi connectivity index (χ2v) is 7.65. The number of piperidine rings is 3. The molecule has 3 aliphatic heterocycles. The van der Waals surface area contributed by atoms with E-state index >= 15 is 0 Å². The fourth-order valence-corrected chi connectivity index (χ4v) is 4.51. The predicted octanol–water partition coefficient (Wildman–Crippen LogP) is 3.29. The molecule has 3 aliphatic rings. The standard InChI is InChI=1S/C18H20FN3O2S/c1-11-16(12-5-7-22(11)8-6-12)21-17(23)18-20-10-15(25-18)24-14-4-2-3-13(19)9-14/h2-4,9-12,16H,5-8H2,1H3,(H,21,23)/t11-,16-/m0/s1. The largest absolute Gasteiger partial charge is 0.445 e. The van der Waals surface area contributed by atoms with E-state index < -0.39 is 0 Å². The number of fused-ring (bicyclic) bond motifs is 3. The zero-order valence-electron chi connectivity index (χ0n) is 13.9. The monoisotopic (exact) mass is 361 g/mol. The van der Waals surface area contributed by atoms with E-state index in [1.807, 2.05) is 0 Å². The van der Waals surface area contributed by atoms with Crippen LogP contribution in [0.3, 0.4) is 0 Å². The maximum atomic E-state index is 13.2. The minimum Gasteiger partial charge on any atom is -0.445 e. The highest BCUT2D eigenvalue weighted by atomic mass is 32.1. The van der Waals surface area contributed by atoms with Crippen molar-refractivity contribution in [2.24, 2.45) is 5.92 Å². The SMILES string of the molecule is C[C@H]1[C@H](NC(=O)c2ncc(Oc3cccc(F)c3)s2)C2CCN1CC2. The molecule has 4 heterocycles. The van der Waals surface area contributed by atoms with E-state index in [9.17, 15) is 9.18 Å². The van der Waals surface area contributed by atoms with Crippen molar-refractivity contribution in [1.82, 2.24) is 15.2 Å². The highest BCUT2D eigenvalue weighted by Crippen LogP contribution is 2.33. The van der Waals surface area contributed by atoms with Gasteiger partial charge in [0.15, 0.2) is 5.01 Å². The molecule has 0 saturated carbocycles. The first-order chi connectivity index (χ1) is 12.1. The van der Waals surface area contributed by atoms with Gasteiger partial charge in [0.2, 0.25) is 5.06 Å². The highest BCUT2D eigenvalue weighted by Gasteiger charge is 2.40. The van der Waals surface area contributed by atoms with Crippen LogP contribution < -0.4 is 10.1 Å². The van der Waals surface area contributed by atoms with E-state index in [0.717, 1.165) is 25.9 Å². The van der Waals surface area contributed by atoms with Crippen molar-refractivity contribution >= 4 is 17.2 Å². The average molecular weight is 361 g/mol. The van der Waals surface area contributed by atoms with E-state index in [2.05, 4.69) is 22.1 Å². The number of hydrogen-bond donors (Lipinski definition) is 1. The molecule has 0 spiro atoms. The quantitative estimate of drug-likeness (QED) is 0.908. The van der Waals surface area contributed by atoms with Crippen molar-refractivity contribution in [3.8, 4) is 10.8 Å². The summed E-state index contributed by atoms with van der Waals surface area (Å²) in [5.41, 5.74) is 0. The lowest BCUT2D eigenvalue weighted by atomic mass is 9.79. The molecular weight excluding hydrogens is 341 g/mol. The van der Waals surface area contributed by atoms with Gasteiger partial charge in [-0.25, -0.2) is 9.37 Å². The van der Waals surface area contributed by atoms with Crippen molar-refractivity contribution in [2.45, 2.75) is 31.8 Å². The number of carbonyl (C=O) groups is 1. The molecule has 1 amide bonds. The number of nitrogens with zero attached hydrogens (tertiary/aromatic N) is 2. The Balaban J connectivity index is 1.42. The van der Waals surface area contributed by atoms with Crippen LogP contribution in [0.15, 0.2) is 30.5 Å². The molecule has 3 fully saturated rings. The zero-order valence-corrected chi connectivity index (χ0v) is 14.8. The third-order valence-corrected chi connectivity index (χ3v) is 6.04. The number of carbonyl (C=O) groups excluding carboxylic acids is 1.